The van der Waals surface area contributed by atoms with Crippen LogP contribution in [0.1, 0.15) is 13.3 Å². The first-order chi connectivity index (χ1) is 5.70. The molecule has 0 radical (unpaired) electrons. The van der Waals surface area contributed by atoms with Gasteiger partial charge in [-0.05, 0) is 19.9 Å². The van der Waals surface area contributed by atoms with Crippen molar-refractivity contribution in [3.8, 4) is 0 Å². The minimum Gasteiger partial charge on any atom is -0.461 e. The Morgan fingerprint density at radius 2 is 2.33 bits per heavy atom. The summed E-state index contributed by atoms with van der Waals surface area (Å²) < 4.78 is 6.30. The number of hydrogen-bond acceptors (Lipinski definition) is 4. The van der Waals surface area contributed by atoms with Gasteiger partial charge in [-0.3, -0.25) is 0 Å². The lowest BCUT2D eigenvalue weighted by Gasteiger charge is -2.00. The topological polar surface area (TPSA) is 55.3 Å². The van der Waals surface area contributed by atoms with Crippen molar-refractivity contribution in [2.24, 2.45) is 5.73 Å². The second-order valence-corrected chi connectivity index (χ2v) is 2.84. The van der Waals surface area contributed by atoms with E-state index in [0.29, 0.717) is 26.1 Å². The summed E-state index contributed by atoms with van der Waals surface area (Å²) in [4.78, 5) is 10.9. The molecule has 5 heteroatoms. The monoisotopic (exact) mass is 191 g/mol. The van der Waals surface area contributed by atoms with Crippen molar-refractivity contribution in [1.29, 1.82) is 0 Å². The number of nitrogens with two attached hydrogens (primary N) is 1. The predicted octanol–water partition coefficient (Wildman–Crippen LogP) is -0.359. The molecule has 70 valence electrons. The molecule has 0 fully saturated rings. The molecule has 0 amide bonds. The third-order valence-electron chi connectivity index (χ3n) is 1.27. The van der Waals surface area contributed by atoms with E-state index in [1.807, 2.05) is 6.92 Å². The number of nitrogens with zero attached hydrogens (tertiary/aromatic N) is 1. The maximum Gasteiger partial charge on any atom is 0.373 e. The molecule has 0 atom stereocenters. The molecule has 0 saturated carbocycles. The molecule has 0 aliphatic rings. The van der Waals surface area contributed by atoms with Gasteiger partial charge in [0.25, 0.3) is 19.0 Å². The van der Waals surface area contributed by atoms with Crippen LogP contribution in [0.2, 0.25) is 0 Å². The highest BCUT2D eigenvalue weighted by Crippen LogP contribution is 1.83. The van der Waals surface area contributed by atoms with Gasteiger partial charge < -0.3 is 10.5 Å². The average Bonchev–Trinajstić information content (AvgIpc) is 2.05. The number of ether oxygens (including phenoxy) is 1. The third kappa shape index (κ3) is 6.18. The van der Waals surface area contributed by atoms with E-state index in [2.05, 4.69) is 0 Å². The molecule has 12 heavy (non-hydrogen) atoms. The van der Waals surface area contributed by atoms with Gasteiger partial charge >= 0.3 is 5.97 Å². The first-order valence-electron chi connectivity index (χ1n) is 3.98. The molecule has 0 saturated heterocycles. The minimum absolute atomic E-state index is 0.177. The molecule has 0 aromatic carbocycles. The first-order valence-corrected chi connectivity index (χ1v) is 4.35. The smallest absolute Gasteiger partial charge is 0.373 e. The highest BCUT2D eigenvalue weighted by atomic mass is 32.1. The van der Waals surface area contributed by atoms with Crippen LogP contribution < -0.4 is 5.73 Å². The normalized spacial score (nSPS) is 9.50. The molecule has 0 spiro atoms. The maximum atomic E-state index is 10.9. The largest absolute Gasteiger partial charge is 0.461 e. The summed E-state index contributed by atoms with van der Waals surface area (Å²) in [6.45, 7) is 3.67. The highest BCUT2D eigenvalue weighted by molar-refractivity contribution is 7.44. The van der Waals surface area contributed by atoms with Crippen molar-refractivity contribution in [2.45, 2.75) is 13.3 Å². The number of likely N-dealkylation sites (N-methyl/N-ethyl adjacent to an activating group) is 1. The van der Waals surface area contributed by atoms with E-state index in [1.165, 1.54) is 3.95 Å². The summed E-state index contributed by atoms with van der Waals surface area (Å²) in [5, 5.41) is 0. The Bertz CT molecular complexity index is 161. The molecular weight excluding hydrogens is 176 g/mol. The van der Waals surface area contributed by atoms with Crippen molar-refractivity contribution >= 4 is 18.4 Å². The fourth-order valence-electron chi connectivity index (χ4n) is 0.571. The summed E-state index contributed by atoms with van der Waals surface area (Å²) in [7, 11) is 0. The molecule has 2 N–H and O–H groups in total. The zero-order valence-corrected chi connectivity index (χ0v) is 8.10. The molecule has 0 heterocycles. The van der Waals surface area contributed by atoms with Gasteiger partial charge in [0.2, 0.25) is 0 Å². The van der Waals surface area contributed by atoms with Gasteiger partial charge in [0.15, 0.2) is 6.54 Å². The van der Waals surface area contributed by atoms with Crippen LogP contribution >= 0.6 is 0 Å². The van der Waals surface area contributed by atoms with Crippen LogP contribution in [0.25, 0.3) is 0 Å². The van der Waals surface area contributed by atoms with Crippen LogP contribution in [0.5, 0.6) is 0 Å². The van der Waals surface area contributed by atoms with Crippen molar-refractivity contribution < 1.29 is 13.5 Å². The van der Waals surface area contributed by atoms with E-state index in [9.17, 15) is 4.79 Å². The molecule has 0 aliphatic carbocycles. The lowest BCUT2D eigenvalue weighted by atomic mass is 10.5. The second kappa shape index (κ2) is 7.12. The Morgan fingerprint density at radius 3 is 2.83 bits per heavy atom. The van der Waals surface area contributed by atoms with Crippen LogP contribution in [-0.2, 0) is 22.0 Å². The average molecular weight is 191 g/mol. The Hall–Kier alpha value is -0.550. The van der Waals surface area contributed by atoms with Crippen molar-refractivity contribution in [3.63, 3.8) is 0 Å². The summed E-state index contributed by atoms with van der Waals surface area (Å²) >= 11 is 4.80. The quantitative estimate of drug-likeness (QED) is 0.354. The summed E-state index contributed by atoms with van der Waals surface area (Å²) in [5.41, 5.74) is 5.22. The van der Waals surface area contributed by atoms with Gasteiger partial charge in [0.05, 0.1) is 6.61 Å². The van der Waals surface area contributed by atoms with E-state index in [4.69, 9.17) is 22.9 Å². The second-order valence-electron chi connectivity index (χ2n) is 2.32. The fourth-order valence-corrected chi connectivity index (χ4v) is 0.676. The summed E-state index contributed by atoms with van der Waals surface area (Å²) in [6.07, 6.45) is 0.704. The van der Waals surface area contributed by atoms with Crippen molar-refractivity contribution in [3.05, 3.63) is 0 Å². The van der Waals surface area contributed by atoms with E-state index < -0.39 is 0 Å². The molecule has 0 rings (SSSR count). The predicted molar refractivity (Wildman–Crippen MR) is 47.7 cm³/mol. The number of hydrogen-bond donors (Lipinski definition) is 1. The SMILES string of the molecule is CC[N+](=S)CC(=O)OCCCN. The number of esters is 1. The molecule has 4 nitrogen and oxygen atoms in total. The standard InChI is InChI=1S/C7H15N2O2S/c1-2-9(12)6-7(10)11-5-3-4-8/h2-6,8H2,1H3/q+1. The van der Waals surface area contributed by atoms with Crippen LogP contribution in [-0.4, -0.2) is 36.2 Å². The number of carbonyl (C=O) groups is 1. The Morgan fingerprint density at radius 1 is 1.67 bits per heavy atom. The zero-order valence-electron chi connectivity index (χ0n) is 7.28. The number of rotatable bonds is 6. The highest BCUT2D eigenvalue weighted by Gasteiger charge is 2.10. The molecular formula is C7H15N2O2S+. The first kappa shape index (κ1) is 11.4. The van der Waals surface area contributed by atoms with Crippen molar-refractivity contribution in [1.82, 2.24) is 0 Å². The Labute approximate surface area is 77.8 Å². The van der Waals surface area contributed by atoms with Crippen LogP contribution in [0.4, 0.5) is 0 Å². The van der Waals surface area contributed by atoms with E-state index in [1.54, 1.807) is 0 Å². The van der Waals surface area contributed by atoms with Gasteiger partial charge in [-0.25, -0.2) is 4.79 Å². The molecule has 0 aliphatic heterocycles. The lowest BCUT2D eigenvalue weighted by Crippen LogP contribution is -2.21. The van der Waals surface area contributed by atoms with Crippen LogP contribution in [0.3, 0.4) is 0 Å². The van der Waals surface area contributed by atoms with Gasteiger partial charge in [-0.1, -0.05) is 0 Å². The maximum absolute atomic E-state index is 10.9. The van der Waals surface area contributed by atoms with Crippen LogP contribution in [0.15, 0.2) is 0 Å². The van der Waals surface area contributed by atoms with Crippen LogP contribution in [0, 0.1) is 0 Å². The Balaban J connectivity index is 3.40. The zero-order chi connectivity index (χ0) is 9.40. The van der Waals surface area contributed by atoms with Gasteiger partial charge in [-0.15, -0.1) is 3.95 Å². The molecule has 0 bridgehead atoms. The lowest BCUT2D eigenvalue weighted by molar-refractivity contribution is -0.485. The Kier molecular flexibility index (Phi) is 6.79. The van der Waals surface area contributed by atoms with Crippen molar-refractivity contribution in [2.75, 3.05) is 26.2 Å². The van der Waals surface area contributed by atoms with Gasteiger partial charge in [0, 0.05) is 0 Å². The van der Waals surface area contributed by atoms with E-state index in [-0.39, 0.29) is 12.5 Å². The van der Waals surface area contributed by atoms with Gasteiger partial charge in [-0.2, -0.15) is 0 Å². The molecule has 0 unspecified atom stereocenters. The van der Waals surface area contributed by atoms with E-state index >= 15 is 0 Å². The summed E-state index contributed by atoms with van der Waals surface area (Å²) in [5.74, 6) is -0.277. The van der Waals surface area contributed by atoms with E-state index in [0.717, 1.165) is 0 Å². The number of carbonyl (C=O) groups excluding carboxylic acids is 1. The van der Waals surface area contributed by atoms with Gasteiger partial charge in [0.1, 0.15) is 0 Å². The molecule has 0 aromatic rings. The summed E-state index contributed by atoms with van der Waals surface area (Å²) in [6, 6.07) is 0. The third-order valence-corrected chi connectivity index (χ3v) is 1.66. The minimum atomic E-state index is -0.277. The molecule has 0 aromatic heterocycles. The fraction of sp³-hybridized carbons (Fsp3) is 0.857.